The summed E-state index contributed by atoms with van der Waals surface area (Å²) in [6, 6.07) is 7.99. The Labute approximate surface area is 123 Å². The molecule has 0 aliphatic heterocycles. The zero-order valence-corrected chi connectivity index (χ0v) is 12.5. The molecule has 1 aromatic heterocycles. The summed E-state index contributed by atoms with van der Waals surface area (Å²) in [5, 5.41) is 18.5. The molecule has 0 bridgehead atoms. The number of aliphatic hydroxyl groups excluding tert-OH is 1. The van der Waals surface area contributed by atoms with E-state index in [4.69, 9.17) is 5.41 Å². The molecule has 1 aliphatic rings. The van der Waals surface area contributed by atoms with Gasteiger partial charge >= 0.3 is 0 Å². The van der Waals surface area contributed by atoms with E-state index in [0.29, 0.717) is 11.3 Å². The molecule has 2 aromatic rings. The van der Waals surface area contributed by atoms with Crippen molar-refractivity contribution in [1.29, 1.82) is 5.41 Å². The number of benzene rings is 1. The van der Waals surface area contributed by atoms with E-state index in [1.165, 1.54) is 29.0 Å². The first-order valence-electron chi connectivity index (χ1n) is 7.16. The predicted molar refractivity (Wildman–Crippen MR) is 80.9 cm³/mol. The third-order valence-corrected chi connectivity index (χ3v) is 5.10. The molecular formula is C16H20N2OS. The molecule has 1 aromatic carbocycles. The average molecular weight is 288 g/mol. The molecule has 0 saturated heterocycles. The van der Waals surface area contributed by atoms with Crippen LogP contribution in [-0.2, 0) is 19.4 Å². The average Bonchev–Trinajstić information content (AvgIpc) is 2.76. The Balaban J connectivity index is 1.86. The van der Waals surface area contributed by atoms with Crippen LogP contribution in [0.4, 0.5) is 0 Å². The van der Waals surface area contributed by atoms with E-state index in [2.05, 4.69) is 0 Å². The van der Waals surface area contributed by atoms with E-state index in [1.807, 2.05) is 35.8 Å². The van der Waals surface area contributed by atoms with Crippen molar-refractivity contribution in [3.8, 4) is 0 Å². The molecule has 1 aliphatic carbocycles. The van der Waals surface area contributed by atoms with Gasteiger partial charge in [-0.25, -0.2) is 0 Å². The smallest absolute Gasteiger partial charge is 0.182 e. The highest BCUT2D eigenvalue weighted by molar-refractivity contribution is 7.09. The molecule has 3 rings (SSSR count). The minimum atomic E-state index is -0.537. The van der Waals surface area contributed by atoms with Gasteiger partial charge in [-0.05, 0) is 38.2 Å². The summed E-state index contributed by atoms with van der Waals surface area (Å²) >= 11 is 1.57. The molecule has 4 heteroatoms. The van der Waals surface area contributed by atoms with Crippen LogP contribution >= 0.6 is 11.3 Å². The molecule has 0 radical (unpaired) electrons. The minimum Gasteiger partial charge on any atom is -0.387 e. The summed E-state index contributed by atoms with van der Waals surface area (Å²) in [5.74, 6) is 0. The van der Waals surface area contributed by atoms with Crippen molar-refractivity contribution in [3.05, 3.63) is 50.8 Å². The van der Waals surface area contributed by atoms with E-state index < -0.39 is 6.10 Å². The molecule has 1 atom stereocenters. The molecule has 0 amide bonds. The Bertz CT molecular complexity index is 654. The van der Waals surface area contributed by atoms with Crippen LogP contribution in [-0.4, -0.2) is 9.67 Å². The Morgan fingerprint density at radius 3 is 2.70 bits per heavy atom. The van der Waals surface area contributed by atoms with E-state index >= 15 is 0 Å². The van der Waals surface area contributed by atoms with Crippen LogP contribution in [0.3, 0.4) is 0 Å². The van der Waals surface area contributed by atoms with Crippen LogP contribution in [0, 0.1) is 12.3 Å². The second-order valence-electron chi connectivity index (χ2n) is 5.52. The predicted octanol–water partition coefficient (Wildman–Crippen LogP) is 2.95. The summed E-state index contributed by atoms with van der Waals surface area (Å²) < 4.78 is 2.00. The highest BCUT2D eigenvalue weighted by atomic mass is 32.1. The SMILES string of the molecule is Cc1ccc(C(O)Cn2c3c(sc2=N)CCCC3)cc1. The normalized spacial score (nSPS) is 15.9. The third-order valence-electron chi connectivity index (χ3n) is 4.00. The number of nitrogens with one attached hydrogen (secondary N) is 1. The van der Waals surface area contributed by atoms with Crippen molar-refractivity contribution in [2.24, 2.45) is 0 Å². The summed E-state index contributed by atoms with van der Waals surface area (Å²) in [6.45, 7) is 2.54. The van der Waals surface area contributed by atoms with Gasteiger partial charge in [-0.3, -0.25) is 5.41 Å². The molecule has 1 unspecified atom stereocenters. The molecule has 0 spiro atoms. The van der Waals surface area contributed by atoms with Crippen LogP contribution in [0.25, 0.3) is 0 Å². The summed E-state index contributed by atoms with van der Waals surface area (Å²) in [7, 11) is 0. The molecule has 0 saturated carbocycles. The Hall–Kier alpha value is -1.39. The first-order valence-corrected chi connectivity index (χ1v) is 7.97. The standard InChI is InChI=1S/C16H20N2OS/c1-11-6-8-12(9-7-11)14(19)10-18-13-4-2-3-5-15(13)20-16(18)17/h6-9,14,17,19H,2-5,10H2,1H3. The minimum absolute atomic E-state index is 0.494. The van der Waals surface area contributed by atoms with Crippen molar-refractivity contribution in [2.75, 3.05) is 0 Å². The number of fused-ring (bicyclic) bond motifs is 1. The van der Waals surface area contributed by atoms with Crippen molar-refractivity contribution in [2.45, 2.75) is 45.3 Å². The lowest BCUT2D eigenvalue weighted by molar-refractivity contribution is 0.154. The number of aromatic nitrogens is 1. The Morgan fingerprint density at radius 1 is 1.25 bits per heavy atom. The van der Waals surface area contributed by atoms with Gasteiger partial charge in [0.05, 0.1) is 12.6 Å². The summed E-state index contributed by atoms with van der Waals surface area (Å²) in [5.41, 5.74) is 3.40. The van der Waals surface area contributed by atoms with Crippen LogP contribution in [0.2, 0.25) is 0 Å². The van der Waals surface area contributed by atoms with Gasteiger partial charge in [-0.15, -0.1) is 11.3 Å². The van der Waals surface area contributed by atoms with Crippen molar-refractivity contribution in [1.82, 2.24) is 4.57 Å². The van der Waals surface area contributed by atoms with Gasteiger partial charge in [0, 0.05) is 10.6 Å². The molecule has 106 valence electrons. The van der Waals surface area contributed by atoms with Gasteiger partial charge in [0.15, 0.2) is 4.80 Å². The fourth-order valence-electron chi connectivity index (χ4n) is 2.81. The second kappa shape index (κ2) is 5.54. The van der Waals surface area contributed by atoms with Crippen molar-refractivity contribution in [3.63, 3.8) is 0 Å². The van der Waals surface area contributed by atoms with Gasteiger partial charge in [0.2, 0.25) is 0 Å². The van der Waals surface area contributed by atoms with Gasteiger partial charge in [-0.1, -0.05) is 29.8 Å². The fraction of sp³-hybridized carbons (Fsp3) is 0.438. The molecule has 0 fully saturated rings. The van der Waals surface area contributed by atoms with E-state index in [0.717, 1.165) is 18.4 Å². The lowest BCUT2D eigenvalue weighted by atomic mass is 10.0. The topological polar surface area (TPSA) is 49.0 Å². The van der Waals surface area contributed by atoms with E-state index in [-0.39, 0.29) is 0 Å². The van der Waals surface area contributed by atoms with Gasteiger partial charge < -0.3 is 9.67 Å². The molecule has 1 heterocycles. The zero-order valence-electron chi connectivity index (χ0n) is 11.7. The van der Waals surface area contributed by atoms with Gasteiger partial charge in [0.25, 0.3) is 0 Å². The number of nitrogens with zero attached hydrogens (tertiary/aromatic N) is 1. The lowest BCUT2D eigenvalue weighted by Crippen LogP contribution is -2.21. The number of rotatable bonds is 3. The van der Waals surface area contributed by atoms with Gasteiger partial charge in [0.1, 0.15) is 0 Å². The monoisotopic (exact) mass is 288 g/mol. The van der Waals surface area contributed by atoms with Crippen LogP contribution in [0.5, 0.6) is 0 Å². The van der Waals surface area contributed by atoms with Crippen LogP contribution in [0.15, 0.2) is 24.3 Å². The molecule has 3 nitrogen and oxygen atoms in total. The van der Waals surface area contributed by atoms with E-state index in [9.17, 15) is 5.11 Å². The maximum Gasteiger partial charge on any atom is 0.182 e. The molecule has 2 N–H and O–H groups in total. The van der Waals surface area contributed by atoms with Crippen LogP contribution in [0.1, 0.15) is 40.6 Å². The third kappa shape index (κ3) is 2.58. The zero-order chi connectivity index (χ0) is 14.1. The summed E-state index contributed by atoms with van der Waals surface area (Å²) in [4.78, 5) is 1.92. The second-order valence-corrected chi connectivity index (χ2v) is 6.60. The van der Waals surface area contributed by atoms with E-state index in [1.54, 1.807) is 11.3 Å². The summed E-state index contributed by atoms with van der Waals surface area (Å²) in [6.07, 6.45) is 4.03. The maximum atomic E-state index is 10.4. The lowest BCUT2D eigenvalue weighted by Gasteiger charge is -2.17. The Morgan fingerprint density at radius 2 is 1.95 bits per heavy atom. The fourth-order valence-corrected chi connectivity index (χ4v) is 3.92. The van der Waals surface area contributed by atoms with Crippen molar-refractivity contribution < 1.29 is 5.11 Å². The van der Waals surface area contributed by atoms with Crippen molar-refractivity contribution >= 4 is 11.3 Å². The molecular weight excluding hydrogens is 268 g/mol. The number of aliphatic hydroxyl groups is 1. The maximum absolute atomic E-state index is 10.4. The quantitative estimate of drug-likeness (QED) is 0.896. The highest BCUT2D eigenvalue weighted by Gasteiger charge is 2.19. The largest absolute Gasteiger partial charge is 0.387 e. The number of aryl methyl sites for hydroxylation is 2. The van der Waals surface area contributed by atoms with Gasteiger partial charge in [-0.2, -0.15) is 0 Å². The highest BCUT2D eigenvalue weighted by Crippen LogP contribution is 2.25. The number of hydrogen-bond acceptors (Lipinski definition) is 3. The van der Waals surface area contributed by atoms with Crippen LogP contribution < -0.4 is 4.80 Å². The Kier molecular flexibility index (Phi) is 3.76. The first-order chi connectivity index (χ1) is 9.65. The number of thiazole rings is 1. The number of hydrogen-bond donors (Lipinski definition) is 2. The first kappa shape index (κ1) is 13.6. The molecule has 20 heavy (non-hydrogen) atoms.